The minimum atomic E-state index is 0.0432. The van der Waals surface area contributed by atoms with Crippen molar-refractivity contribution >= 4 is 5.71 Å². The zero-order valence-electron chi connectivity index (χ0n) is 17.8. The summed E-state index contributed by atoms with van der Waals surface area (Å²) in [5.74, 6) is 0.764. The first-order valence-corrected chi connectivity index (χ1v) is 11.3. The second-order valence-corrected chi connectivity index (χ2v) is 8.61. The lowest BCUT2D eigenvalue weighted by Gasteiger charge is -2.25. The number of rotatable bonds is 5. The number of hydrogen-bond acceptors (Lipinski definition) is 4. The third-order valence-corrected chi connectivity index (χ3v) is 6.53. The molecule has 0 spiro atoms. The number of aromatic nitrogens is 1. The van der Waals surface area contributed by atoms with Crippen LogP contribution in [0.3, 0.4) is 0 Å². The van der Waals surface area contributed by atoms with Gasteiger partial charge in [-0.05, 0) is 43.9 Å². The van der Waals surface area contributed by atoms with Crippen LogP contribution in [0.2, 0.25) is 0 Å². The zero-order valence-corrected chi connectivity index (χ0v) is 17.8. The lowest BCUT2D eigenvalue weighted by molar-refractivity contribution is 0.346. The van der Waals surface area contributed by atoms with Crippen LogP contribution in [0.5, 0.6) is 11.5 Å². The topological polar surface area (TPSA) is 63.8 Å². The van der Waals surface area contributed by atoms with Gasteiger partial charge in [0.2, 0.25) is 0 Å². The first kappa shape index (κ1) is 20.7. The lowest BCUT2D eigenvalue weighted by atomic mass is 9.94. The van der Waals surface area contributed by atoms with Gasteiger partial charge in [0.25, 0.3) is 5.56 Å². The Kier molecular flexibility index (Phi) is 6.56. The van der Waals surface area contributed by atoms with E-state index in [-0.39, 0.29) is 23.4 Å². The summed E-state index contributed by atoms with van der Waals surface area (Å²) in [4.78, 5) is 17.7. The van der Waals surface area contributed by atoms with Gasteiger partial charge in [0.05, 0.1) is 18.9 Å². The van der Waals surface area contributed by atoms with Crippen molar-refractivity contribution in [2.75, 3.05) is 7.11 Å². The number of nitrogens with zero attached hydrogens (tertiary/aromatic N) is 2. The number of ether oxygens (including phenoxy) is 1. The fourth-order valence-corrected chi connectivity index (χ4v) is 4.82. The molecule has 0 atom stereocenters. The van der Waals surface area contributed by atoms with E-state index >= 15 is 0 Å². The van der Waals surface area contributed by atoms with E-state index < -0.39 is 0 Å². The second kappa shape index (κ2) is 9.50. The van der Waals surface area contributed by atoms with Crippen LogP contribution in [0.1, 0.15) is 81.4 Å². The van der Waals surface area contributed by atoms with Gasteiger partial charge in [-0.1, -0.05) is 38.5 Å². The molecule has 0 amide bonds. The number of aliphatic imine (C=N–C) groups is 1. The van der Waals surface area contributed by atoms with Crippen LogP contribution in [-0.2, 0) is 0 Å². The van der Waals surface area contributed by atoms with Crippen LogP contribution in [0.15, 0.2) is 46.3 Å². The summed E-state index contributed by atoms with van der Waals surface area (Å²) in [5.41, 5.74) is 2.40. The Labute approximate surface area is 178 Å². The summed E-state index contributed by atoms with van der Waals surface area (Å²) in [5, 5.41) is 10.7. The molecule has 2 aliphatic carbocycles. The van der Waals surface area contributed by atoms with Gasteiger partial charge in [-0.3, -0.25) is 9.79 Å². The van der Waals surface area contributed by atoms with Gasteiger partial charge in [0, 0.05) is 35.5 Å². The van der Waals surface area contributed by atoms with Crippen LogP contribution in [0.4, 0.5) is 0 Å². The van der Waals surface area contributed by atoms with E-state index in [1.807, 2.05) is 29.0 Å². The molecule has 0 saturated heterocycles. The fraction of sp³-hybridized carbons (Fsp3) is 0.520. The number of phenolic OH excluding ortho intramolecular Hbond substituents is 1. The Balaban J connectivity index is 1.78. The molecule has 160 valence electrons. The number of methoxy groups -OCH3 is 1. The van der Waals surface area contributed by atoms with Crippen LogP contribution < -0.4 is 10.3 Å². The predicted molar refractivity (Wildman–Crippen MR) is 120 cm³/mol. The van der Waals surface area contributed by atoms with Gasteiger partial charge >= 0.3 is 0 Å². The molecule has 2 aromatic rings. The molecular formula is C25H32N2O3. The van der Waals surface area contributed by atoms with Gasteiger partial charge in [-0.2, -0.15) is 0 Å². The number of hydrogen-bond donors (Lipinski definition) is 1. The first-order chi connectivity index (χ1) is 14.7. The highest BCUT2D eigenvalue weighted by molar-refractivity contribution is 6.14. The Morgan fingerprint density at radius 2 is 1.70 bits per heavy atom. The van der Waals surface area contributed by atoms with E-state index in [0.29, 0.717) is 11.3 Å². The Bertz CT molecular complexity index is 951. The van der Waals surface area contributed by atoms with E-state index in [4.69, 9.17) is 9.73 Å². The summed E-state index contributed by atoms with van der Waals surface area (Å²) in [7, 11) is 1.59. The van der Waals surface area contributed by atoms with Crippen molar-refractivity contribution in [3.8, 4) is 11.5 Å². The molecule has 1 heterocycles. The van der Waals surface area contributed by atoms with E-state index in [2.05, 4.69) is 0 Å². The van der Waals surface area contributed by atoms with Gasteiger partial charge in [0.15, 0.2) is 0 Å². The molecule has 1 aromatic carbocycles. The average Bonchev–Trinajstić information content (AvgIpc) is 2.79. The van der Waals surface area contributed by atoms with Crippen molar-refractivity contribution in [1.82, 2.24) is 4.57 Å². The molecule has 0 unspecified atom stereocenters. The monoisotopic (exact) mass is 408 g/mol. The molecule has 2 fully saturated rings. The van der Waals surface area contributed by atoms with Crippen molar-refractivity contribution in [3.63, 3.8) is 0 Å². The molecule has 5 nitrogen and oxygen atoms in total. The largest absolute Gasteiger partial charge is 0.507 e. The minimum Gasteiger partial charge on any atom is -0.507 e. The Morgan fingerprint density at radius 1 is 1.00 bits per heavy atom. The molecule has 5 heteroatoms. The minimum absolute atomic E-state index is 0.0432. The third-order valence-electron chi connectivity index (χ3n) is 6.53. The van der Waals surface area contributed by atoms with Crippen molar-refractivity contribution < 1.29 is 9.84 Å². The third kappa shape index (κ3) is 4.61. The maximum atomic E-state index is 12.6. The highest BCUT2D eigenvalue weighted by Crippen LogP contribution is 2.30. The highest BCUT2D eigenvalue weighted by atomic mass is 16.5. The summed E-state index contributed by atoms with van der Waals surface area (Å²) >= 11 is 0. The molecule has 2 saturated carbocycles. The maximum absolute atomic E-state index is 12.6. The van der Waals surface area contributed by atoms with Crippen LogP contribution >= 0.6 is 0 Å². The van der Waals surface area contributed by atoms with E-state index in [1.54, 1.807) is 19.2 Å². The Morgan fingerprint density at radius 3 is 2.37 bits per heavy atom. The molecule has 30 heavy (non-hydrogen) atoms. The summed E-state index contributed by atoms with van der Waals surface area (Å²) < 4.78 is 7.15. The standard InChI is InChI=1S/C25H32N2O3/c1-30-21-13-14-22(23(28)16-21)25(26-19-8-4-2-5-9-19)18-12-15-24(29)27(17-18)20-10-6-3-7-11-20/h12-17,19-20,28H,2-11H2,1H3. The predicted octanol–water partition coefficient (Wildman–Crippen LogP) is 5.24. The van der Waals surface area contributed by atoms with Crippen LogP contribution in [0, 0.1) is 0 Å². The molecule has 4 rings (SSSR count). The SMILES string of the molecule is COc1ccc(C(=NC2CCCCC2)c2ccc(=O)n(C3CCCCC3)c2)c(O)c1. The molecular weight excluding hydrogens is 376 g/mol. The number of aromatic hydroxyl groups is 1. The van der Waals surface area contributed by atoms with E-state index in [0.717, 1.165) is 37.0 Å². The van der Waals surface area contributed by atoms with Crippen molar-refractivity contribution in [2.24, 2.45) is 4.99 Å². The molecule has 1 aromatic heterocycles. The normalized spacial score (nSPS) is 19.0. The quantitative estimate of drug-likeness (QED) is 0.688. The smallest absolute Gasteiger partial charge is 0.250 e. The van der Waals surface area contributed by atoms with E-state index in [9.17, 15) is 9.90 Å². The number of benzene rings is 1. The Hall–Kier alpha value is -2.56. The van der Waals surface area contributed by atoms with Crippen molar-refractivity contribution in [1.29, 1.82) is 0 Å². The molecule has 1 N–H and O–H groups in total. The fourth-order valence-electron chi connectivity index (χ4n) is 4.82. The summed E-state index contributed by atoms with van der Waals surface area (Å²) in [6.07, 6.45) is 13.4. The molecule has 0 radical (unpaired) electrons. The second-order valence-electron chi connectivity index (χ2n) is 8.61. The maximum Gasteiger partial charge on any atom is 0.250 e. The van der Waals surface area contributed by atoms with Gasteiger partial charge in [-0.15, -0.1) is 0 Å². The number of phenols is 1. The molecule has 0 aliphatic heterocycles. The lowest BCUT2D eigenvalue weighted by Crippen LogP contribution is -2.26. The summed E-state index contributed by atoms with van der Waals surface area (Å²) in [6.45, 7) is 0. The molecule has 0 bridgehead atoms. The van der Waals surface area contributed by atoms with Gasteiger partial charge in [0.1, 0.15) is 11.5 Å². The molecule has 2 aliphatic rings. The number of pyridine rings is 1. The van der Waals surface area contributed by atoms with E-state index in [1.165, 1.54) is 38.5 Å². The van der Waals surface area contributed by atoms with Crippen molar-refractivity contribution in [2.45, 2.75) is 76.3 Å². The van der Waals surface area contributed by atoms with Gasteiger partial charge < -0.3 is 14.4 Å². The van der Waals surface area contributed by atoms with Crippen LogP contribution in [0.25, 0.3) is 0 Å². The van der Waals surface area contributed by atoms with Crippen LogP contribution in [-0.4, -0.2) is 28.5 Å². The first-order valence-electron chi connectivity index (χ1n) is 11.3. The average molecular weight is 409 g/mol. The van der Waals surface area contributed by atoms with Crippen molar-refractivity contribution in [3.05, 3.63) is 58.0 Å². The summed E-state index contributed by atoms with van der Waals surface area (Å²) in [6, 6.07) is 9.36. The van der Waals surface area contributed by atoms with Gasteiger partial charge in [-0.25, -0.2) is 0 Å². The highest BCUT2D eigenvalue weighted by Gasteiger charge is 2.21. The zero-order chi connectivity index (χ0) is 20.9.